The van der Waals surface area contributed by atoms with Gasteiger partial charge in [0, 0.05) is 20.2 Å². The molecule has 8 heteroatoms. The summed E-state index contributed by atoms with van der Waals surface area (Å²) in [7, 11) is -0.699. The molecule has 30 heavy (non-hydrogen) atoms. The quantitative estimate of drug-likeness (QED) is 0.504. The molecule has 0 spiro atoms. The van der Waals surface area contributed by atoms with Crippen molar-refractivity contribution in [1.29, 1.82) is 0 Å². The Labute approximate surface area is 178 Å². The Hall–Kier alpha value is -2.58. The van der Waals surface area contributed by atoms with Gasteiger partial charge in [-0.3, -0.25) is 4.79 Å². The maximum atomic E-state index is 13.3. The Morgan fingerprint density at radius 2 is 1.77 bits per heavy atom. The Balaban J connectivity index is 2.31. The van der Waals surface area contributed by atoms with Gasteiger partial charge in [0.25, 0.3) is 0 Å². The zero-order valence-corrected chi connectivity index (χ0v) is 18.6. The number of amides is 1. The summed E-state index contributed by atoms with van der Waals surface area (Å²) in [4.78, 5) is 15.1. The summed E-state index contributed by atoms with van der Waals surface area (Å²) in [5, 5.41) is 0. The van der Waals surface area contributed by atoms with Gasteiger partial charge in [0.05, 0.1) is 25.9 Å². The molecular weight excluding hydrogens is 406 g/mol. The van der Waals surface area contributed by atoms with Gasteiger partial charge in [0.2, 0.25) is 5.91 Å². The highest BCUT2D eigenvalue weighted by Crippen LogP contribution is 2.30. The second kappa shape index (κ2) is 11.0. The van der Waals surface area contributed by atoms with Gasteiger partial charge in [-0.1, -0.05) is 43.3 Å². The summed E-state index contributed by atoms with van der Waals surface area (Å²) in [5.74, 6) is 0.108. The molecule has 2 aromatic carbocycles. The normalized spacial score (nSPS) is 12.3. The van der Waals surface area contributed by atoms with Crippen LogP contribution in [0.15, 0.2) is 48.5 Å². The third-order valence-electron chi connectivity index (χ3n) is 4.63. The van der Waals surface area contributed by atoms with Gasteiger partial charge in [-0.25, -0.2) is 0 Å². The fourth-order valence-corrected chi connectivity index (χ4v) is 3.65. The molecule has 0 aliphatic rings. The topological polar surface area (TPSA) is 82.1 Å². The van der Waals surface area contributed by atoms with E-state index in [9.17, 15) is 13.2 Å². The average Bonchev–Trinajstić information content (AvgIpc) is 2.71. The molecule has 0 bridgehead atoms. The van der Waals surface area contributed by atoms with Gasteiger partial charge < -0.3 is 18.6 Å². The van der Waals surface area contributed by atoms with Crippen molar-refractivity contribution in [3.8, 4) is 11.5 Å². The van der Waals surface area contributed by atoms with E-state index in [1.807, 2.05) is 37.3 Å². The van der Waals surface area contributed by atoms with E-state index in [1.54, 1.807) is 30.2 Å². The van der Waals surface area contributed by atoms with Crippen molar-refractivity contribution < 1.29 is 26.9 Å². The van der Waals surface area contributed by atoms with Crippen LogP contribution in [0.4, 0.5) is 0 Å². The lowest BCUT2D eigenvalue weighted by molar-refractivity contribution is -0.134. The summed E-state index contributed by atoms with van der Waals surface area (Å²) < 4.78 is 38.6. The second-order valence-electron chi connectivity index (χ2n) is 6.90. The minimum absolute atomic E-state index is 0.0119. The molecule has 0 N–H and O–H groups in total. The average molecular weight is 436 g/mol. The molecule has 1 atom stereocenters. The number of carbonyl (C=O) groups is 1. The number of nitrogens with zero attached hydrogens (tertiary/aromatic N) is 1. The van der Waals surface area contributed by atoms with E-state index in [0.717, 1.165) is 17.4 Å². The van der Waals surface area contributed by atoms with Crippen molar-refractivity contribution >= 4 is 16.0 Å². The van der Waals surface area contributed by atoms with Crippen LogP contribution < -0.4 is 8.92 Å². The molecule has 0 radical (unpaired) electrons. The fourth-order valence-electron chi connectivity index (χ4n) is 3.20. The number of methoxy groups -OCH3 is 2. The van der Waals surface area contributed by atoms with Crippen LogP contribution in [0.1, 0.15) is 30.4 Å². The Bertz CT molecular complexity index is 930. The van der Waals surface area contributed by atoms with E-state index in [1.165, 1.54) is 7.11 Å². The number of rotatable bonds is 11. The number of hydrogen-bond acceptors (Lipinski definition) is 6. The fraction of sp³-hybridized carbons (Fsp3) is 0.409. The molecule has 0 heterocycles. The first kappa shape index (κ1) is 23.7. The summed E-state index contributed by atoms with van der Waals surface area (Å²) in [6.45, 7) is 3.07. The number of hydrogen-bond donors (Lipinski definition) is 0. The van der Waals surface area contributed by atoms with E-state index in [4.69, 9.17) is 13.7 Å². The molecule has 2 rings (SSSR count). The number of ether oxygens (including phenoxy) is 2. The van der Waals surface area contributed by atoms with Crippen molar-refractivity contribution in [3.63, 3.8) is 0 Å². The van der Waals surface area contributed by atoms with E-state index < -0.39 is 10.1 Å². The standard InChI is InChI=1S/C22H29NO6S/c1-5-19(18-9-7-6-8-10-18)22(24)23(13-14-27-2)16-17-11-12-20(28-3)21(15-17)29-30(4,25)26/h6-12,15,19H,5,13-14,16H2,1-4H3. The summed E-state index contributed by atoms with van der Waals surface area (Å²) in [6, 6.07) is 14.7. The van der Waals surface area contributed by atoms with Crippen molar-refractivity contribution in [2.45, 2.75) is 25.8 Å². The lowest BCUT2D eigenvalue weighted by Crippen LogP contribution is -2.37. The van der Waals surface area contributed by atoms with Crippen LogP contribution in [0.3, 0.4) is 0 Å². The molecule has 0 aromatic heterocycles. The largest absolute Gasteiger partial charge is 0.493 e. The Kier molecular flexibility index (Phi) is 8.68. The molecular formula is C22H29NO6S. The van der Waals surface area contributed by atoms with Crippen LogP contribution in [0.2, 0.25) is 0 Å². The molecule has 164 valence electrons. The highest BCUT2D eigenvalue weighted by molar-refractivity contribution is 7.86. The lowest BCUT2D eigenvalue weighted by atomic mass is 9.95. The summed E-state index contributed by atoms with van der Waals surface area (Å²) in [6.07, 6.45) is 1.64. The minimum atomic E-state index is -3.72. The van der Waals surface area contributed by atoms with Gasteiger partial charge in [0.15, 0.2) is 11.5 Å². The maximum absolute atomic E-state index is 13.3. The zero-order valence-electron chi connectivity index (χ0n) is 17.8. The van der Waals surface area contributed by atoms with Gasteiger partial charge in [0.1, 0.15) is 0 Å². The molecule has 0 aliphatic heterocycles. The molecule has 0 aliphatic carbocycles. The predicted molar refractivity (Wildman–Crippen MR) is 115 cm³/mol. The highest BCUT2D eigenvalue weighted by Gasteiger charge is 2.25. The zero-order chi connectivity index (χ0) is 22.1. The SMILES string of the molecule is CCC(C(=O)N(CCOC)Cc1ccc(OC)c(OS(C)(=O)=O)c1)c1ccccc1. The van der Waals surface area contributed by atoms with Crippen molar-refractivity contribution in [2.24, 2.45) is 0 Å². The van der Waals surface area contributed by atoms with Crippen molar-refractivity contribution in [2.75, 3.05) is 33.6 Å². The van der Waals surface area contributed by atoms with E-state index in [-0.39, 0.29) is 24.1 Å². The van der Waals surface area contributed by atoms with Crippen molar-refractivity contribution in [1.82, 2.24) is 4.90 Å². The van der Waals surface area contributed by atoms with Gasteiger partial charge in [-0.2, -0.15) is 8.42 Å². The van der Waals surface area contributed by atoms with Crippen LogP contribution in [-0.2, 0) is 26.2 Å². The van der Waals surface area contributed by atoms with Crippen LogP contribution in [0.25, 0.3) is 0 Å². The monoisotopic (exact) mass is 435 g/mol. The third kappa shape index (κ3) is 6.74. The van der Waals surface area contributed by atoms with E-state index >= 15 is 0 Å². The van der Waals surface area contributed by atoms with E-state index in [2.05, 4.69) is 0 Å². The Morgan fingerprint density at radius 1 is 1.07 bits per heavy atom. The van der Waals surface area contributed by atoms with Gasteiger partial charge in [-0.15, -0.1) is 0 Å². The van der Waals surface area contributed by atoms with Crippen LogP contribution >= 0.6 is 0 Å². The Morgan fingerprint density at radius 3 is 2.33 bits per heavy atom. The van der Waals surface area contributed by atoms with E-state index in [0.29, 0.717) is 25.3 Å². The first-order chi connectivity index (χ1) is 14.3. The molecule has 0 saturated carbocycles. The highest BCUT2D eigenvalue weighted by atomic mass is 32.2. The van der Waals surface area contributed by atoms with Gasteiger partial charge >= 0.3 is 10.1 Å². The summed E-state index contributed by atoms with van der Waals surface area (Å²) >= 11 is 0. The van der Waals surface area contributed by atoms with Crippen LogP contribution in [0, 0.1) is 0 Å². The molecule has 1 unspecified atom stereocenters. The second-order valence-corrected chi connectivity index (χ2v) is 8.47. The van der Waals surface area contributed by atoms with Crippen molar-refractivity contribution in [3.05, 3.63) is 59.7 Å². The first-order valence-corrected chi connectivity index (χ1v) is 11.5. The molecule has 0 fully saturated rings. The molecule has 7 nitrogen and oxygen atoms in total. The summed E-state index contributed by atoms with van der Waals surface area (Å²) in [5.41, 5.74) is 1.69. The first-order valence-electron chi connectivity index (χ1n) is 9.68. The number of carbonyl (C=O) groups excluding carboxylic acids is 1. The maximum Gasteiger partial charge on any atom is 0.306 e. The van der Waals surface area contributed by atoms with Gasteiger partial charge in [-0.05, 0) is 29.7 Å². The molecule has 2 aromatic rings. The van der Waals surface area contributed by atoms with Crippen LogP contribution in [-0.4, -0.2) is 52.9 Å². The third-order valence-corrected chi connectivity index (χ3v) is 5.11. The number of benzene rings is 2. The molecule has 1 amide bonds. The van der Waals surface area contributed by atoms with Crippen LogP contribution in [0.5, 0.6) is 11.5 Å². The lowest BCUT2D eigenvalue weighted by Gasteiger charge is -2.27. The smallest absolute Gasteiger partial charge is 0.306 e. The minimum Gasteiger partial charge on any atom is -0.493 e. The molecule has 0 saturated heterocycles. The predicted octanol–water partition coefficient (Wildman–Crippen LogP) is 3.20.